The summed E-state index contributed by atoms with van der Waals surface area (Å²) in [5.74, 6) is 0.663. The predicted octanol–water partition coefficient (Wildman–Crippen LogP) is 1.03. The van der Waals surface area contributed by atoms with Crippen LogP contribution in [0.4, 0.5) is 0 Å². The summed E-state index contributed by atoms with van der Waals surface area (Å²) in [5.41, 5.74) is 0.334. The average Bonchev–Trinajstić information content (AvgIpc) is 2.24. The molecule has 0 atom stereocenters. The highest BCUT2D eigenvalue weighted by atomic mass is 16.5. The van der Waals surface area contributed by atoms with Gasteiger partial charge in [0.2, 0.25) is 0 Å². The van der Waals surface area contributed by atoms with Crippen LogP contribution in [0.2, 0.25) is 0 Å². The first-order valence-electron chi connectivity index (χ1n) is 4.56. The lowest BCUT2D eigenvalue weighted by atomic mass is 10.3. The van der Waals surface area contributed by atoms with E-state index in [0.717, 1.165) is 6.20 Å². The number of benzene rings is 1. The quantitative estimate of drug-likeness (QED) is 0.745. The topological polar surface area (TPSA) is 64.3 Å². The Kier molecular flexibility index (Phi) is 2.29. The molecule has 0 saturated heterocycles. The Balaban J connectivity index is 2.64. The highest BCUT2D eigenvalue weighted by Crippen LogP contribution is 2.17. The Bertz CT molecular complexity index is 548. The summed E-state index contributed by atoms with van der Waals surface area (Å²) in [6, 6.07) is 4.94. The van der Waals surface area contributed by atoms with E-state index in [2.05, 4.69) is 4.98 Å². The molecule has 0 saturated carbocycles. The molecule has 5 heteroatoms. The highest BCUT2D eigenvalue weighted by molar-refractivity contribution is 5.75. The van der Waals surface area contributed by atoms with Crippen LogP contribution in [-0.4, -0.2) is 21.5 Å². The first-order valence-corrected chi connectivity index (χ1v) is 4.56. The number of hydrogen-bond donors (Lipinski definition) is 1. The molecule has 5 nitrogen and oxygen atoms in total. The molecule has 2 rings (SSSR count). The van der Waals surface area contributed by atoms with Crippen molar-refractivity contribution < 1.29 is 9.94 Å². The summed E-state index contributed by atoms with van der Waals surface area (Å²) in [5, 5.41) is 9.40. The van der Waals surface area contributed by atoms with E-state index in [1.807, 2.05) is 6.92 Å². The van der Waals surface area contributed by atoms with Crippen LogP contribution in [0, 0.1) is 0 Å². The van der Waals surface area contributed by atoms with Crippen molar-refractivity contribution in [1.29, 1.82) is 0 Å². The largest absolute Gasteiger partial charge is 0.494 e. The van der Waals surface area contributed by atoms with Crippen LogP contribution in [0.15, 0.2) is 29.2 Å². The van der Waals surface area contributed by atoms with Gasteiger partial charge in [0.25, 0.3) is 0 Å². The minimum atomic E-state index is -0.549. The molecule has 1 aromatic heterocycles. The van der Waals surface area contributed by atoms with Crippen molar-refractivity contribution in [2.75, 3.05) is 6.61 Å². The number of aromatic nitrogens is 2. The zero-order valence-corrected chi connectivity index (χ0v) is 8.17. The third-order valence-electron chi connectivity index (χ3n) is 2.01. The molecular weight excluding hydrogens is 196 g/mol. The van der Waals surface area contributed by atoms with Crippen LogP contribution in [0.1, 0.15) is 6.92 Å². The fourth-order valence-electron chi connectivity index (χ4n) is 1.34. The van der Waals surface area contributed by atoms with E-state index in [1.165, 1.54) is 0 Å². The molecule has 0 spiro atoms. The zero-order chi connectivity index (χ0) is 10.8. The Morgan fingerprint density at radius 2 is 2.33 bits per heavy atom. The minimum Gasteiger partial charge on any atom is -0.494 e. The Hall–Kier alpha value is -2.04. The van der Waals surface area contributed by atoms with Gasteiger partial charge in [0, 0.05) is 6.07 Å². The van der Waals surface area contributed by atoms with E-state index in [-0.39, 0.29) is 0 Å². The minimum absolute atomic E-state index is 0.367. The molecule has 0 amide bonds. The van der Waals surface area contributed by atoms with E-state index < -0.39 is 5.56 Å². The lowest BCUT2D eigenvalue weighted by Gasteiger charge is -2.05. The van der Waals surface area contributed by atoms with Crippen molar-refractivity contribution in [1.82, 2.24) is 9.71 Å². The van der Waals surface area contributed by atoms with Gasteiger partial charge in [-0.25, -0.2) is 4.98 Å². The Morgan fingerprint density at radius 1 is 1.53 bits per heavy atom. The van der Waals surface area contributed by atoms with Gasteiger partial charge in [-0.3, -0.25) is 4.79 Å². The molecule has 0 bridgehead atoms. The van der Waals surface area contributed by atoms with E-state index >= 15 is 0 Å². The van der Waals surface area contributed by atoms with Crippen LogP contribution < -0.4 is 10.3 Å². The smallest absolute Gasteiger partial charge is 0.301 e. The molecule has 0 unspecified atom stereocenters. The third-order valence-corrected chi connectivity index (χ3v) is 2.01. The van der Waals surface area contributed by atoms with Gasteiger partial charge in [0.05, 0.1) is 18.3 Å². The summed E-state index contributed by atoms with van der Waals surface area (Å²) < 4.78 is 5.84. The van der Waals surface area contributed by atoms with Crippen LogP contribution in [0.3, 0.4) is 0 Å². The fourth-order valence-corrected chi connectivity index (χ4v) is 1.34. The average molecular weight is 206 g/mol. The normalized spacial score (nSPS) is 10.5. The number of hydrogen-bond acceptors (Lipinski definition) is 4. The predicted molar refractivity (Wildman–Crippen MR) is 54.4 cm³/mol. The highest BCUT2D eigenvalue weighted by Gasteiger charge is 2.03. The van der Waals surface area contributed by atoms with Crippen molar-refractivity contribution in [3.05, 3.63) is 34.7 Å². The summed E-state index contributed by atoms with van der Waals surface area (Å²) >= 11 is 0. The summed E-state index contributed by atoms with van der Waals surface area (Å²) in [6.07, 6.45) is 1.07. The number of fused-ring (bicyclic) bond motifs is 1. The van der Waals surface area contributed by atoms with Gasteiger partial charge in [-0.15, -0.1) is 4.73 Å². The van der Waals surface area contributed by atoms with Crippen LogP contribution in [0.5, 0.6) is 5.75 Å². The van der Waals surface area contributed by atoms with Crippen LogP contribution >= 0.6 is 0 Å². The molecule has 0 aliphatic heterocycles. The van der Waals surface area contributed by atoms with Gasteiger partial charge in [0.1, 0.15) is 11.3 Å². The Labute approximate surface area is 85.5 Å². The summed E-state index contributed by atoms with van der Waals surface area (Å²) in [7, 11) is 0. The molecule has 1 heterocycles. The molecule has 15 heavy (non-hydrogen) atoms. The zero-order valence-electron chi connectivity index (χ0n) is 8.17. The molecule has 1 N–H and O–H groups in total. The standard InChI is InChI=1S/C10H10N2O3/c1-2-15-7-3-4-9-8(5-7)11-6-10(13)12(9)14/h3-6,14H,2H2,1H3. The van der Waals surface area contributed by atoms with Crippen molar-refractivity contribution in [2.24, 2.45) is 0 Å². The molecule has 78 valence electrons. The maximum atomic E-state index is 11.1. The second kappa shape index (κ2) is 3.61. The van der Waals surface area contributed by atoms with Gasteiger partial charge in [0.15, 0.2) is 0 Å². The van der Waals surface area contributed by atoms with Crippen molar-refractivity contribution in [2.45, 2.75) is 6.92 Å². The van der Waals surface area contributed by atoms with E-state index in [9.17, 15) is 10.0 Å². The van der Waals surface area contributed by atoms with Gasteiger partial charge in [-0.2, -0.15) is 0 Å². The fraction of sp³-hybridized carbons (Fsp3) is 0.200. The van der Waals surface area contributed by atoms with Gasteiger partial charge >= 0.3 is 5.56 Å². The van der Waals surface area contributed by atoms with Gasteiger partial charge in [-0.1, -0.05) is 0 Å². The van der Waals surface area contributed by atoms with Crippen LogP contribution in [-0.2, 0) is 0 Å². The number of rotatable bonds is 2. The number of ether oxygens (including phenoxy) is 1. The van der Waals surface area contributed by atoms with Crippen LogP contribution in [0.25, 0.3) is 11.0 Å². The van der Waals surface area contributed by atoms with E-state index in [1.54, 1.807) is 18.2 Å². The molecule has 0 radical (unpaired) electrons. The molecular formula is C10H10N2O3. The molecule has 0 aliphatic rings. The first kappa shape index (κ1) is 9.51. The van der Waals surface area contributed by atoms with E-state index in [0.29, 0.717) is 28.1 Å². The third kappa shape index (κ3) is 1.63. The lowest BCUT2D eigenvalue weighted by molar-refractivity contribution is 0.188. The van der Waals surface area contributed by atoms with Crippen molar-refractivity contribution >= 4 is 11.0 Å². The second-order valence-corrected chi connectivity index (χ2v) is 2.99. The van der Waals surface area contributed by atoms with Crippen molar-refractivity contribution in [3.63, 3.8) is 0 Å². The maximum absolute atomic E-state index is 11.1. The van der Waals surface area contributed by atoms with Gasteiger partial charge in [-0.05, 0) is 19.1 Å². The number of nitrogens with zero attached hydrogens (tertiary/aromatic N) is 2. The van der Waals surface area contributed by atoms with Crippen molar-refractivity contribution in [3.8, 4) is 5.75 Å². The molecule has 0 fully saturated rings. The Morgan fingerprint density at radius 3 is 3.07 bits per heavy atom. The maximum Gasteiger partial charge on any atom is 0.301 e. The molecule has 1 aromatic carbocycles. The summed E-state index contributed by atoms with van der Waals surface area (Å²) in [4.78, 5) is 15.0. The lowest BCUT2D eigenvalue weighted by Crippen LogP contribution is -2.17. The summed E-state index contributed by atoms with van der Waals surface area (Å²) in [6.45, 7) is 2.44. The van der Waals surface area contributed by atoms with Gasteiger partial charge < -0.3 is 9.94 Å². The molecule has 2 aromatic rings. The molecule has 0 aliphatic carbocycles. The SMILES string of the molecule is CCOc1ccc2c(c1)ncc(=O)n2O. The second-order valence-electron chi connectivity index (χ2n) is 2.99. The van der Waals surface area contributed by atoms with E-state index in [4.69, 9.17) is 4.74 Å². The monoisotopic (exact) mass is 206 g/mol. The first-order chi connectivity index (χ1) is 7.22.